The van der Waals surface area contributed by atoms with E-state index in [1.807, 2.05) is 47.0 Å². The van der Waals surface area contributed by atoms with Gasteiger partial charge in [0.2, 0.25) is 0 Å². The molecule has 104 valence electrons. The monoisotopic (exact) mass is 278 g/mol. The molecule has 1 aliphatic carbocycles. The molecule has 2 aromatic heterocycles. The van der Waals surface area contributed by atoms with E-state index in [0.29, 0.717) is 11.6 Å². The average molecular weight is 278 g/mol. The Kier molecular flexibility index (Phi) is 2.70. The van der Waals surface area contributed by atoms with Gasteiger partial charge in [-0.2, -0.15) is 5.10 Å². The van der Waals surface area contributed by atoms with Gasteiger partial charge in [0.25, 0.3) is 5.91 Å². The molecule has 0 unspecified atom stereocenters. The molecule has 0 aliphatic heterocycles. The van der Waals surface area contributed by atoms with E-state index >= 15 is 0 Å². The minimum absolute atomic E-state index is 0.188. The number of para-hydroxylation sites is 1. The summed E-state index contributed by atoms with van der Waals surface area (Å²) >= 11 is 0. The number of fused-ring (bicyclic) bond motifs is 1. The number of amides is 1. The lowest BCUT2D eigenvalue weighted by Gasteiger charge is -2.08. The predicted octanol–water partition coefficient (Wildman–Crippen LogP) is 2.86. The summed E-state index contributed by atoms with van der Waals surface area (Å²) in [5, 5.41) is 7.16. The van der Waals surface area contributed by atoms with Crippen molar-refractivity contribution in [1.29, 1.82) is 0 Å². The first-order valence-electron chi connectivity index (χ1n) is 7.02. The van der Waals surface area contributed by atoms with E-state index in [1.54, 1.807) is 6.20 Å². The van der Waals surface area contributed by atoms with E-state index in [-0.39, 0.29) is 5.91 Å². The zero-order chi connectivity index (χ0) is 14.2. The van der Waals surface area contributed by atoms with Crippen LogP contribution < -0.4 is 5.32 Å². The van der Waals surface area contributed by atoms with Gasteiger partial charge in [-0.1, -0.05) is 18.2 Å². The van der Waals surface area contributed by atoms with Gasteiger partial charge in [0.05, 0.1) is 6.20 Å². The zero-order valence-corrected chi connectivity index (χ0v) is 11.4. The van der Waals surface area contributed by atoms with Crippen LogP contribution in [0.15, 0.2) is 48.7 Å². The summed E-state index contributed by atoms with van der Waals surface area (Å²) in [6.07, 6.45) is 4.02. The Morgan fingerprint density at radius 3 is 2.76 bits per heavy atom. The Balaban J connectivity index is 1.71. The lowest BCUT2D eigenvalue weighted by Crippen LogP contribution is -2.15. The van der Waals surface area contributed by atoms with Crippen molar-refractivity contribution in [2.45, 2.75) is 18.8 Å². The van der Waals surface area contributed by atoms with E-state index in [0.717, 1.165) is 29.9 Å². The topological polar surface area (TPSA) is 59.3 Å². The van der Waals surface area contributed by atoms with Crippen LogP contribution in [0.2, 0.25) is 0 Å². The zero-order valence-electron chi connectivity index (χ0n) is 11.4. The predicted molar refractivity (Wildman–Crippen MR) is 79.4 cm³/mol. The Labute approximate surface area is 121 Å². The largest absolute Gasteiger partial charge is 0.321 e. The minimum atomic E-state index is -0.188. The van der Waals surface area contributed by atoms with Crippen LogP contribution in [0, 0.1) is 0 Å². The second kappa shape index (κ2) is 4.70. The Bertz CT molecular complexity index is 806. The van der Waals surface area contributed by atoms with Crippen LogP contribution >= 0.6 is 0 Å². The fraction of sp³-hybridized carbons (Fsp3) is 0.188. The van der Waals surface area contributed by atoms with Gasteiger partial charge in [-0.05, 0) is 31.0 Å². The molecule has 1 amide bonds. The average Bonchev–Trinajstić information content (AvgIpc) is 3.24. The van der Waals surface area contributed by atoms with Gasteiger partial charge in [0, 0.05) is 23.4 Å². The standard InChI is InChI=1S/C16H14N4O/c21-16(18-12-4-2-1-3-5-12)13-10-14(11-6-7-11)20-15(19-13)8-9-17-20/h1-5,8-11H,6-7H2,(H,18,21). The highest BCUT2D eigenvalue weighted by Crippen LogP contribution is 2.40. The highest BCUT2D eigenvalue weighted by Gasteiger charge is 2.28. The Hall–Kier alpha value is -2.69. The number of rotatable bonds is 3. The number of nitrogens with zero attached hydrogens (tertiary/aromatic N) is 3. The molecule has 0 bridgehead atoms. The molecule has 3 aromatic rings. The number of hydrogen-bond donors (Lipinski definition) is 1. The van der Waals surface area contributed by atoms with Crippen LogP contribution in [0.5, 0.6) is 0 Å². The maximum absolute atomic E-state index is 12.4. The summed E-state index contributed by atoms with van der Waals surface area (Å²) in [5.41, 5.74) is 3.00. The molecule has 1 N–H and O–H groups in total. The lowest BCUT2D eigenvalue weighted by molar-refractivity contribution is 0.102. The molecular weight excluding hydrogens is 264 g/mol. The first kappa shape index (κ1) is 12.1. The van der Waals surface area contributed by atoms with Crippen LogP contribution in [0.3, 0.4) is 0 Å². The molecule has 1 aliphatic rings. The number of aromatic nitrogens is 3. The molecule has 0 saturated heterocycles. The van der Waals surface area contributed by atoms with E-state index in [9.17, 15) is 4.79 Å². The second-order valence-corrected chi connectivity index (χ2v) is 5.26. The SMILES string of the molecule is O=C(Nc1ccccc1)c1cc(C2CC2)n2nccc2n1. The van der Waals surface area contributed by atoms with Crippen LogP contribution in [-0.4, -0.2) is 20.5 Å². The molecule has 1 aromatic carbocycles. The lowest BCUT2D eigenvalue weighted by atomic mass is 10.2. The van der Waals surface area contributed by atoms with Crippen molar-refractivity contribution < 1.29 is 4.79 Å². The van der Waals surface area contributed by atoms with Gasteiger partial charge in [-0.25, -0.2) is 9.50 Å². The van der Waals surface area contributed by atoms with Crippen LogP contribution in [-0.2, 0) is 0 Å². The molecule has 0 atom stereocenters. The summed E-state index contributed by atoms with van der Waals surface area (Å²) in [4.78, 5) is 16.8. The summed E-state index contributed by atoms with van der Waals surface area (Å²) in [6, 6.07) is 13.1. The maximum atomic E-state index is 12.4. The smallest absolute Gasteiger partial charge is 0.274 e. The molecule has 1 saturated carbocycles. The molecule has 5 nitrogen and oxygen atoms in total. The summed E-state index contributed by atoms with van der Waals surface area (Å²) < 4.78 is 1.83. The molecular formula is C16H14N4O. The molecule has 1 fully saturated rings. The maximum Gasteiger partial charge on any atom is 0.274 e. The molecule has 4 rings (SSSR count). The van der Waals surface area contributed by atoms with Crippen LogP contribution in [0.25, 0.3) is 5.65 Å². The van der Waals surface area contributed by atoms with Gasteiger partial charge in [-0.15, -0.1) is 0 Å². The minimum Gasteiger partial charge on any atom is -0.321 e. The summed E-state index contributed by atoms with van der Waals surface area (Å²) in [5.74, 6) is 0.311. The summed E-state index contributed by atoms with van der Waals surface area (Å²) in [6.45, 7) is 0. The molecule has 0 radical (unpaired) electrons. The van der Waals surface area contributed by atoms with Crippen molar-refractivity contribution >= 4 is 17.2 Å². The molecule has 21 heavy (non-hydrogen) atoms. The van der Waals surface area contributed by atoms with Crippen molar-refractivity contribution in [3.63, 3.8) is 0 Å². The third-order valence-electron chi connectivity index (χ3n) is 3.65. The normalized spacial score (nSPS) is 14.3. The van der Waals surface area contributed by atoms with Crippen molar-refractivity contribution in [1.82, 2.24) is 14.6 Å². The highest BCUT2D eigenvalue weighted by atomic mass is 16.1. The number of hydrogen-bond acceptors (Lipinski definition) is 3. The molecule has 2 heterocycles. The van der Waals surface area contributed by atoms with Crippen molar-refractivity contribution in [2.24, 2.45) is 0 Å². The van der Waals surface area contributed by atoms with Gasteiger partial charge < -0.3 is 5.32 Å². The van der Waals surface area contributed by atoms with Gasteiger partial charge in [-0.3, -0.25) is 4.79 Å². The van der Waals surface area contributed by atoms with Gasteiger partial charge >= 0.3 is 0 Å². The molecule has 5 heteroatoms. The van der Waals surface area contributed by atoms with Gasteiger partial charge in [0.1, 0.15) is 5.69 Å². The fourth-order valence-corrected chi connectivity index (χ4v) is 2.44. The van der Waals surface area contributed by atoms with E-state index < -0.39 is 0 Å². The van der Waals surface area contributed by atoms with Crippen molar-refractivity contribution in [3.05, 3.63) is 60.0 Å². The van der Waals surface area contributed by atoms with Crippen LogP contribution in [0.4, 0.5) is 5.69 Å². The number of carbonyl (C=O) groups is 1. The Morgan fingerprint density at radius 2 is 2.00 bits per heavy atom. The number of anilines is 1. The first-order chi connectivity index (χ1) is 10.3. The second-order valence-electron chi connectivity index (χ2n) is 5.26. The van der Waals surface area contributed by atoms with Gasteiger partial charge in [0.15, 0.2) is 5.65 Å². The third-order valence-corrected chi connectivity index (χ3v) is 3.65. The van der Waals surface area contributed by atoms with Crippen LogP contribution in [0.1, 0.15) is 34.9 Å². The van der Waals surface area contributed by atoms with Crippen molar-refractivity contribution in [3.8, 4) is 0 Å². The quantitative estimate of drug-likeness (QED) is 0.801. The third kappa shape index (κ3) is 2.27. The first-order valence-corrected chi connectivity index (χ1v) is 7.02. The van der Waals surface area contributed by atoms with E-state index in [2.05, 4.69) is 15.4 Å². The fourth-order valence-electron chi connectivity index (χ4n) is 2.44. The summed E-state index contributed by atoms with van der Waals surface area (Å²) in [7, 11) is 0. The number of benzene rings is 1. The molecule has 0 spiro atoms. The van der Waals surface area contributed by atoms with E-state index in [4.69, 9.17) is 0 Å². The van der Waals surface area contributed by atoms with Crippen molar-refractivity contribution in [2.75, 3.05) is 5.32 Å². The number of carbonyl (C=O) groups excluding carboxylic acids is 1. The number of nitrogens with one attached hydrogen (secondary N) is 1. The Morgan fingerprint density at radius 1 is 1.19 bits per heavy atom. The highest BCUT2D eigenvalue weighted by molar-refractivity contribution is 6.03. The van der Waals surface area contributed by atoms with E-state index in [1.165, 1.54) is 0 Å².